The van der Waals surface area contributed by atoms with E-state index in [1.807, 2.05) is 18.1 Å². The van der Waals surface area contributed by atoms with E-state index in [2.05, 4.69) is 5.10 Å². The number of aromatic nitrogens is 2. The van der Waals surface area contributed by atoms with Gasteiger partial charge < -0.3 is 4.90 Å². The first kappa shape index (κ1) is 13.8. The molecule has 5 heteroatoms. The fourth-order valence-electron chi connectivity index (χ4n) is 2.93. The summed E-state index contributed by atoms with van der Waals surface area (Å²) in [6.45, 7) is 0.729. The van der Waals surface area contributed by atoms with Crippen LogP contribution in [-0.2, 0) is 18.3 Å². The van der Waals surface area contributed by atoms with Crippen molar-refractivity contribution in [3.8, 4) is 0 Å². The lowest BCUT2D eigenvalue weighted by Crippen LogP contribution is -2.31. The van der Waals surface area contributed by atoms with Gasteiger partial charge in [-0.3, -0.25) is 9.48 Å². The number of halogens is 1. The number of likely N-dealkylation sites (tertiary alicyclic amines) is 1. The zero-order chi connectivity index (χ0) is 14.8. The number of aryl methyl sites for hydroxylation is 1. The highest BCUT2D eigenvalue weighted by atomic mass is 19.1. The Morgan fingerprint density at radius 1 is 1.43 bits per heavy atom. The van der Waals surface area contributed by atoms with Crippen LogP contribution in [0.1, 0.15) is 30.0 Å². The van der Waals surface area contributed by atoms with Crippen molar-refractivity contribution in [1.29, 1.82) is 0 Å². The van der Waals surface area contributed by atoms with Crippen LogP contribution in [0.3, 0.4) is 0 Å². The molecule has 0 saturated carbocycles. The molecule has 0 spiro atoms. The van der Waals surface area contributed by atoms with Crippen molar-refractivity contribution in [3.05, 3.63) is 53.6 Å². The lowest BCUT2D eigenvalue weighted by Gasteiger charge is -2.24. The van der Waals surface area contributed by atoms with Crippen molar-refractivity contribution in [1.82, 2.24) is 14.7 Å². The monoisotopic (exact) mass is 287 g/mol. The third-order valence-corrected chi connectivity index (χ3v) is 3.98. The Bertz CT molecular complexity index is 652. The van der Waals surface area contributed by atoms with Crippen LogP contribution >= 0.6 is 0 Å². The largest absolute Gasteiger partial charge is 0.335 e. The van der Waals surface area contributed by atoms with Gasteiger partial charge in [-0.2, -0.15) is 5.10 Å². The molecule has 0 aliphatic carbocycles. The maximum Gasteiger partial charge on any atom is 0.227 e. The van der Waals surface area contributed by atoms with Gasteiger partial charge >= 0.3 is 0 Å². The van der Waals surface area contributed by atoms with Gasteiger partial charge in [-0.25, -0.2) is 4.39 Å². The molecule has 3 rings (SSSR count). The minimum absolute atomic E-state index is 0.0218. The fraction of sp³-hybridized carbons (Fsp3) is 0.375. The number of amides is 1. The second-order valence-corrected chi connectivity index (χ2v) is 5.46. The number of hydrogen-bond acceptors (Lipinski definition) is 2. The molecule has 0 radical (unpaired) electrons. The zero-order valence-electron chi connectivity index (χ0n) is 12.0. The minimum Gasteiger partial charge on any atom is -0.335 e. The number of nitrogens with zero attached hydrogens (tertiary/aromatic N) is 3. The molecule has 0 unspecified atom stereocenters. The molecule has 1 saturated heterocycles. The van der Waals surface area contributed by atoms with E-state index in [1.165, 1.54) is 6.07 Å². The SMILES string of the molecule is Cn1cc([C@@H]2CCCN2C(=O)Cc2ccccc2F)cn1. The molecule has 1 fully saturated rings. The predicted octanol–water partition coefficient (Wildman–Crippen LogP) is 2.47. The van der Waals surface area contributed by atoms with Crippen LogP contribution in [0.25, 0.3) is 0 Å². The van der Waals surface area contributed by atoms with E-state index in [1.54, 1.807) is 29.1 Å². The predicted molar refractivity (Wildman–Crippen MR) is 77.0 cm³/mol. The highest BCUT2D eigenvalue weighted by Crippen LogP contribution is 2.32. The van der Waals surface area contributed by atoms with Crippen LogP contribution in [0.2, 0.25) is 0 Å². The number of carbonyl (C=O) groups is 1. The Labute approximate surface area is 123 Å². The van der Waals surface area contributed by atoms with Crippen molar-refractivity contribution in [2.45, 2.75) is 25.3 Å². The van der Waals surface area contributed by atoms with Crippen molar-refractivity contribution in [2.75, 3.05) is 6.54 Å². The zero-order valence-corrected chi connectivity index (χ0v) is 12.0. The molecular formula is C16H18FN3O. The molecule has 2 heterocycles. The molecule has 1 aliphatic heterocycles. The van der Waals surface area contributed by atoms with Crippen LogP contribution in [0.5, 0.6) is 0 Å². The molecule has 110 valence electrons. The lowest BCUT2D eigenvalue weighted by molar-refractivity contribution is -0.131. The van der Waals surface area contributed by atoms with Gasteiger partial charge in [-0.05, 0) is 24.5 Å². The van der Waals surface area contributed by atoms with Gasteiger partial charge in [0.25, 0.3) is 0 Å². The number of benzene rings is 1. The maximum atomic E-state index is 13.7. The topological polar surface area (TPSA) is 38.1 Å². The van der Waals surface area contributed by atoms with Crippen molar-refractivity contribution in [2.24, 2.45) is 7.05 Å². The number of carbonyl (C=O) groups excluding carboxylic acids is 1. The van der Waals surface area contributed by atoms with Gasteiger partial charge in [-0.15, -0.1) is 0 Å². The summed E-state index contributed by atoms with van der Waals surface area (Å²) in [5.74, 6) is -0.338. The van der Waals surface area contributed by atoms with Gasteiger partial charge in [0.1, 0.15) is 5.82 Å². The van der Waals surface area contributed by atoms with E-state index in [-0.39, 0.29) is 24.2 Å². The van der Waals surface area contributed by atoms with Gasteiger partial charge in [0.15, 0.2) is 0 Å². The van der Waals surface area contributed by atoms with Crippen LogP contribution in [0.15, 0.2) is 36.7 Å². The molecule has 1 aromatic carbocycles. The Balaban J connectivity index is 1.76. The Morgan fingerprint density at radius 2 is 2.24 bits per heavy atom. The summed E-state index contributed by atoms with van der Waals surface area (Å²) >= 11 is 0. The highest BCUT2D eigenvalue weighted by Gasteiger charge is 2.30. The van der Waals surface area contributed by atoms with Crippen LogP contribution < -0.4 is 0 Å². The molecule has 2 aromatic rings. The molecule has 1 aliphatic rings. The molecule has 1 amide bonds. The second-order valence-electron chi connectivity index (χ2n) is 5.46. The summed E-state index contributed by atoms with van der Waals surface area (Å²) in [5.41, 5.74) is 1.51. The van der Waals surface area contributed by atoms with Crippen LogP contribution in [-0.4, -0.2) is 27.1 Å². The lowest BCUT2D eigenvalue weighted by atomic mass is 10.1. The summed E-state index contributed by atoms with van der Waals surface area (Å²) in [4.78, 5) is 14.3. The van der Waals surface area contributed by atoms with E-state index in [0.29, 0.717) is 5.56 Å². The smallest absolute Gasteiger partial charge is 0.227 e. The van der Waals surface area contributed by atoms with Crippen molar-refractivity contribution < 1.29 is 9.18 Å². The molecule has 0 bridgehead atoms. The number of hydrogen-bond donors (Lipinski definition) is 0. The second kappa shape index (κ2) is 5.68. The normalized spacial score (nSPS) is 18.2. The van der Waals surface area contributed by atoms with E-state index in [9.17, 15) is 9.18 Å². The maximum absolute atomic E-state index is 13.7. The summed E-state index contributed by atoms with van der Waals surface area (Å²) in [6.07, 6.45) is 5.78. The molecule has 1 atom stereocenters. The van der Waals surface area contributed by atoms with E-state index < -0.39 is 0 Å². The molecule has 21 heavy (non-hydrogen) atoms. The first-order chi connectivity index (χ1) is 10.1. The molecule has 4 nitrogen and oxygen atoms in total. The summed E-state index contributed by atoms with van der Waals surface area (Å²) in [5, 5.41) is 4.17. The van der Waals surface area contributed by atoms with E-state index >= 15 is 0 Å². The van der Waals surface area contributed by atoms with Gasteiger partial charge in [0.2, 0.25) is 5.91 Å². The minimum atomic E-state index is -0.317. The molecule has 0 N–H and O–H groups in total. The van der Waals surface area contributed by atoms with E-state index in [0.717, 1.165) is 24.9 Å². The summed E-state index contributed by atoms with van der Waals surface area (Å²) in [6, 6.07) is 6.53. The average Bonchev–Trinajstić information content (AvgIpc) is 3.09. The summed E-state index contributed by atoms with van der Waals surface area (Å²) < 4.78 is 15.4. The standard InChI is InChI=1S/C16H18FN3O/c1-19-11-13(10-18-19)15-7-4-8-20(15)16(21)9-12-5-2-3-6-14(12)17/h2-3,5-6,10-11,15H,4,7-9H2,1H3/t15-/m0/s1. The van der Waals surface area contributed by atoms with Crippen molar-refractivity contribution in [3.63, 3.8) is 0 Å². The fourth-order valence-corrected chi connectivity index (χ4v) is 2.93. The van der Waals surface area contributed by atoms with Crippen LogP contribution in [0.4, 0.5) is 4.39 Å². The average molecular weight is 287 g/mol. The number of rotatable bonds is 3. The van der Waals surface area contributed by atoms with Crippen molar-refractivity contribution >= 4 is 5.91 Å². The third-order valence-electron chi connectivity index (χ3n) is 3.98. The molecular weight excluding hydrogens is 269 g/mol. The summed E-state index contributed by atoms with van der Waals surface area (Å²) in [7, 11) is 1.87. The third kappa shape index (κ3) is 2.82. The van der Waals surface area contributed by atoms with Crippen LogP contribution in [0, 0.1) is 5.82 Å². The van der Waals surface area contributed by atoms with Gasteiger partial charge in [0, 0.05) is 25.4 Å². The first-order valence-corrected chi connectivity index (χ1v) is 7.16. The Morgan fingerprint density at radius 3 is 2.95 bits per heavy atom. The van der Waals surface area contributed by atoms with E-state index in [4.69, 9.17) is 0 Å². The molecule has 1 aromatic heterocycles. The Kier molecular flexibility index (Phi) is 3.73. The Hall–Kier alpha value is -2.17. The first-order valence-electron chi connectivity index (χ1n) is 7.16. The van der Waals surface area contributed by atoms with Gasteiger partial charge in [-0.1, -0.05) is 18.2 Å². The van der Waals surface area contributed by atoms with Gasteiger partial charge in [0.05, 0.1) is 18.7 Å². The highest BCUT2D eigenvalue weighted by molar-refractivity contribution is 5.79. The quantitative estimate of drug-likeness (QED) is 0.869.